The van der Waals surface area contributed by atoms with Gasteiger partial charge in [0.2, 0.25) is 0 Å². The number of rotatable bonds is 2. The lowest BCUT2D eigenvalue weighted by Gasteiger charge is -2.05. The number of aromatic nitrogens is 3. The molecule has 0 amide bonds. The summed E-state index contributed by atoms with van der Waals surface area (Å²) >= 11 is 6.70. The van der Waals surface area contributed by atoms with E-state index in [2.05, 4.69) is 53.7 Å². The van der Waals surface area contributed by atoms with E-state index in [9.17, 15) is 0 Å². The molecular weight excluding hydrogens is 334 g/mol. The Kier molecular flexibility index (Phi) is 3.66. The van der Waals surface area contributed by atoms with Gasteiger partial charge in [0.15, 0.2) is 5.82 Å². The monoisotopic (exact) mass is 341 g/mol. The standard InChI is InChI=1S/C11H9Br2N3/c1-2-7-4-3-5-14-10(7)11-15-8(12)6-9(13)16-11/h3-6H,2H2,1H3. The molecule has 0 bridgehead atoms. The van der Waals surface area contributed by atoms with Crippen LogP contribution < -0.4 is 0 Å². The first-order valence-electron chi connectivity index (χ1n) is 4.85. The van der Waals surface area contributed by atoms with Crippen molar-refractivity contribution in [1.29, 1.82) is 0 Å². The summed E-state index contributed by atoms with van der Waals surface area (Å²) in [4.78, 5) is 13.0. The molecule has 0 saturated heterocycles. The van der Waals surface area contributed by atoms with Gasteiger partial charge in [-0.3, -0.25) is 4.98 Å². The highest BCUT2D eigenvalue weighted by molar-refractivity contribution is 9.11. The van der Waals surface area contributed by atoms with Crippen LogP contribution in [0, 0.1) is 0 Å². The van der Waals surface area contributed by atoms with Gasteiger partial charge in [0.25, 0.3) is 0 Å². The second-order valence-corrected chi connectivity index (χ2v) is 4.83. The van der Waals surface area contributed by atoms with Gasteiger partial charge in [-0.05, 0) is 49.9 Å². The SMILES string of the molecule is CCc1cccnc1-c1nc(Br)cc(Br)n1. The Morgan fingerprint density at radius 2 is 1.88 bits per heavy atom. The minimum Gasteiger partial charge on any atom is -0.253 e. The average molecular weight is 343 g/mol. The molecule has 82 valence electrons. The first-order valence-corrected chi connectivity index (χ1v) is 6.43. The summed E-state index contributed by atoms with van der Waals surface area (Å²) in [5.74, 6) is 0.638. The summed E-state index contributed by atoms with van der Waals surface area (Å²) in [5.41, 5.74) is 1.99. The van der Waals surface area contributed by atoms with Crippen molar-refractivity contribution in [3.05, 3.63) is 39.2 Å². The smallest absolute Gasteiger partial charge is 0.180 e. The van der Waals surface area contributed by atoms with Crippen LogP contribution in [0.1, 0.15) is 12.5 Å². The Balaban J connectivity index is 2.58. The van der Waals surface area contributed by atoms with Crippen molar-refractivity contribution in [2.75, 3.05) is 0 Å². The molecule has 0 aliphatic carbocycles. The van der Waals surface area contributed by atoms with Gasteiger partial charge in [-0.2, -0.15) is 0 Å². The Morgan fingerprint density at radius 3 is 2.50 bits per heavy atom. The number of hydrogen-bond donors (Lipinski definition) is 0. The van der Waals surface area contributed by atoms with E-state index in [4.69, 9.17) is 0 Å². The molecule has 3 nitrogen and oxygen atoms in total. The molecule has 0 N–H and O–H groups in total. The number of aryl methyl sites for hydroxylation is 1. The molecular formula is C11H9Br2N3. The largest absolute Gasteiger partial charge is 0.253 e. The van der Waals surface area contributed by atoms with Gasteiger partial charge < -0.3 is 0 Å². The predicted molar refractivity (Wildman–Crippen MR) is 70.0 cm³/mol. The molecule has 5 heteroatoms. The molecule has 0 atom stereocenters. The van der Waals surface area contributed by atoms with Gasteiger partial charge in [-0.25, -0.2) is 9.97 Å². The van der Waals surface area contributed by atoms with Crippen LogP contribution in [-0.2, 0) is 6.42 Å². The Hall–Kier alpha value is -0.810. The van der Waals surface area contributed by atoms with Crippen LogP contribution >= 0.6 is 31.9 Å². The maximum absolute atomic E-state index is 4.34. The van der Waals surface area contributed by atoms with E-state index in [1.54, 1.807) is 12.3 Å². The number of hydrogen-bond acceptors (Lipinski definition) is 3. The first kappa shape index (κ1) is 11.7. The summed E-state index contributed by atoms with van der Waals surface area (Å²) in [5, 5.41) is 0. The van der Waals surface area contributed by atoms with Crippen molar-refractivity contribution in [3.63, 3.8) is 0 Å². The normalized spacial score (nSPS) is 10.4. The molecule has 2 aromatic rings. The van der Waals surface area contributed by atoms with E-state index in [0.29, 0.717) is 5.82 Å². The van der Waals surface area contributed by atoms with Gasteiger partial charge in [0.05, 0.1) is 0 Å². The van der Waals surface area contributed by atoms with E-state index in [-0.39, 0.29) is 0 Å². The third kappa shape index (κ3) is 2.47. The second-order valence-electron chi connectivity index (χ2n) is 3.20. The Labute approximate surface area is 111 Å². The first-order chi connectivity index (χ1) is 7.70. The van der Waals surface area contributed by atoms with Gasteiger partial charge in [-0.1, -0.05) is 13.0 Å². The number of halogens is 2. The van der Waals surface area contributed by atoms with Crippen molar-refractivity contribution in [1.82, 2.24) is 15.0 Å². The van der Waals surface area contributed by atoms with Gasteiger partial charge in [-0.15, -0.1) is 0 Å². The molecule has 2 heterocycles. The molecule has 0 unspecified atom stereocenters. The van der Waals surface area contributed by atoms with Crippen LogP contribution in [0.25, 0.3) is 11.5 Å². The minimum absolute atomic E-state index is 0.638. The Morgan fingerprint density at radius 1 is 1.19 bits per heavy atom. The van der Waals surface area contributed by atoms with Crippen LogP contribution in [0.3, 0.4) is 0 Å². The molecule has 0 aliphatic heterocycles. The zero-order valence-corrected chi connectivity index (χ0v) is 11.8. The Bertz CT molecular complexity index is 494. The highest BCUT2D eigenvalue weighted by Gasteiger charge is 2.09. The minimum atomic E-state index is 0.638. The molecule has 2 rings (SSSR count). The lowest BCUT2D eigenvalue weighted by molar-refractivity contribution is 1.05. The van der Waals surface area contributed by atoms with E-state index < -0.39 is 0 Å². The summed E-state index contributed by atoms with van der Waals surface area (Å²) in [6.07, 6.45) is 2.67. The number of nitrogens with zero attached hydrogens (tertiary/aromatic N) is 3. The second kappa shape index (κ2) is 5.01. The molecule has 0 saturated carbocycles. The summed E-state index contributed by atoms with van der Waals surface area (Å²) < 4.78 is 1.49. The highest BCUT2D eigenvalue weighted by atomic mass is 79.9. The molecule has 0 aliphatic rings. The van der Waals surface area contributed by atoms with Crippen LogP contribution in [0.4, 0.5) is 0 Å². The van der Waals surface area contributed by atoms with Crippen LogP contribution in [0.2, 0.25) is 0 Å². The fraction of sp³-hybridized carbons (Fsp3) is 0.182. The van der Waals surface area contributed by atoms with Crippen LogP contribution in [0.5, 0.6) is 0 Å². The topological polar surface area (TPSA) is 38.7 Å². The average Bonchev–Trinajstić information content (AvgIpc) is 2.27. The molecule has 0 aromatic carbocycles. The van der Waals surface area contributed by atoms with Crippen molar-refractivity contribution < 1.29 is 0 Å². The quantitative estimate of drug-likeness (QED) is 0.782. The van der Waals surface area contributed by atoms with E-state index in [1.807, 2.05) is 12.1 Å². The molecule has 0 spiro atoms. The summed E-state index contributed by atoms with van der Waals surface area (Å²) in [6, 6.07) is 5.77. The van der Waals surface area contributed by atoms with Crippen molar-refractivity contribution in [3.8, 4) is 11.5 Å². The van der Waals surface area contributed by atoms with Gasteiger partial charge in [0, 0.05) is 12.3 Å². The zero-order chi connectivity index (χ0) is 11.5. The maximum Gasteiger partial charge on any atom is 0.180 e. The van der Waals surface area contributed by atoms with E-state index in [1.165, 1.54) is 0 Å². The van der Waals surface area contributed by atoms with Crippen LogP contribution in [-0.4, -0.2) is 15.0 Å². The zero-order valence-electron chi connectivity index (χ0n) is 8.61. The van der Waals surface area contributed by atoms with E-state index in [0.717, 1.165) is 26.9 Å². The van der Waals surface area contributed by atoms with Gasteiger partial charge in [0.1, 0.15) is 14.9 Å². The van der Waals surface area contributed by atoms with E-state index >= 15 is 0 Å². The fourth-order valence-electron chi connectivity index (χ4n) is 1.42. The van der Waals surface area contributed by atoms with Crippen molar-refractivity contribution in [2.45, 2.75) is 13.3 Å². The maximum atomic E-state index is 4.34. The predicted octanol–water partition coefficient (Wildman–Crippen LogP) is 3.63. The van der Waals surface area contributed by atoms with Crippen molar-refractivity contribution >= 4 is 31.9 Å². The lowest BCUT2D eigenvalue weighted by atomic mass is 10.1. The third-order valence-corrected chi connectivity index (χ3v) is 2.96. The fourth-order valence-corrected chi connectivity index (χ4v) is 2.50. The highest BCUT2D eigenvalue weighted by Crippen LogP contribution is 2.22. The molecule has 0 radical (unpaired) electrons. The molecule has 16 heavy (non-hydrogen) atoms. The van der Waals surface area contributed by atoms with Gasteiger partial charge >= 0.3 is 0 Å². The van der Waals surface area contributed by atoms with Crippen molar-refractivity contribution in [2.24, 2.45) is 0 Å². The summed E-state index contributed by atoms with van der Waals surface area (Å²) in [7, 11) is 0. The summed E-state index contributed by atoms with van der Waals surface area (Å²) in [6.45, 7) is 2.09. The lowest BCUT2D eigenvalue weighted by Crippen LogP contribution is -1.97. The third-order valence-electron chi connectivity index (χ3n) is 2.15. The molecule has 0 fully saturated rings. The molecule has 2 aromatic heterocycles. The van der Waals surface area contributed by atoms with Crippen LogP contribution in [0.15, 0.2) is 33.6 Å². The number of pyridine rings is 1.